The lowest BCUT2D eigenvalue weighted by molar-refractivity contribution is 0.107. The second-order valence-electron chi connectivity index (χ2n) is 7.65. The maximum Gasteiger partial charge on any atom is 0.217 e. The van der Waals surface area contributed by atoms with E-state index in [0.717, 1.165) is 11.1 Å². The molecular weight excluding hydrogens is 413 g/mol. The maximum absolute atomic E-state index is 10.0. The van der Waals surface area contributed by atoms with Crippen LogP contribution >= 0.6 is 7.92 Å². The molecule has 4 heteroatoms. The Labute approximate surface area is 189 Å². The smallest absolute Gasteiger partial charge is 0.217 e. The molecule has 1 heterocycles. The van der Waals surface area contributed by atoms with Crippen molar-refractivity contribution in [3.8, 4) is 0 Å². The molecule has 0 aromatic heterocycles. The van der Waals surface area contributed by atoms with Crippen LogP contribution in [0.3, 0.4) is 0 Å². The topological polar surface area (TPSA) is 41.8 Å². The van der Waals surface area contributed by atoms with E-state index in [-0.39, 0.29) is 18.8 Å². The Morgan fingerprint density at radius 3 is 1.81 bits per heavy atom. The third kappa shape index (κ3) is 4.10. The number of aliphatic hydroxyl groups is 1. The van der Waals surface area contributed by atoms with Gasteiger partial charge in [-0.2, -0.15) is 0 Å². The Bertz CT molecular complexity index is 1160. The molecule has 1 aliphatic rings. The molecule has 1 N–H and O–H groups in total. The van der Waals surface area contributed by atoms with Gasteiger partial charge in [0.15, 0.2) is 0 Å². The molecule has 0 fully saturated rings. The van der Waals surface area contributed by atoms with Crippen molar-refractivity contribution >= 4 is 29.7 Å². The minimum Gasteiger partial charge on any atom is -0.469 e. The van der Waals surface area contributed by atoms with Crippen LogP contribution in [0.15, 0.2) is 120 Å². The third-order valence-electron chi connectivity index (χ3n) is 5.60. The summed E-state index contributed by atoms with van der Waals surface area (Å²) in [6, 6.07) is 39.4. The number of nitrogens with zero attached hydrogens (tertiary/aromatic N) is 1. The van der Waals surface area contributed by atoms with Crippen molar-refractivity contribution in [1.29, 1.82) is 0 Å². The highest BCUT2D eigenvalue weighted by atomic mass is 31.1. The van der Waals surface area contributed by atoms with Crippen LogP contribution in [0, 0.1) is 0 Å². The predicted molar refractivity (Wildman–Crippen MR) is 133 cm³/mol. The molecule has 158 valence electrons. The number of hydrogen-bond acceptors (Lipinski definition) is 3. The summed E-state index contributed by atoms with van der Waals surface area (Å²) < 4.78 is 6.24. The third-order valence-corrected chi connectivity index (χ3v) is 8.10. The van der Waals surface area contributed by atoms with Gasteiger partial charge in [-0.1, -0.05) is 109 Å². The van der Waals surface area contributed by atoms with Crippen LogP contribution in [0.5, 0.6) is 0 Å². The summed E-state index contributed by atoms with van der Waals surface area (Å²) in [5.41, 5.74) is 2.04. The quantitative estimate of drug-likeness (QED) is 0.457. The van der Waals surface area contributed by atoms with E-state index in [9.17, 15) is 5.11 Å². The molecule has 0 unspecified atom stereocenters. The Hall–Kier alpha value is -3.26. The first-order chi connectivity index (χ1) is 15.8. The normalized spacial score (nSPS) is 17.8. The van der Waals surface area contributed by atoms with Crippen LogP contribution in [0.4, 0.5) is 0 Å². The second kappa shape index (κ2) is 9.48. The zero-order valence-electron chi connectivity index (χ0n) is 17.6. The van der Waals surface area contributed by atoms with Crippen LogP contribution in [-0.4, -0.2) is 23.7 Å². The minimum absolute atomic E-state index is 0.0825. The van der Waals surface area contributed by atoms with Gasteiger partial charge in [0.2, 0.25) is 5.90 Å². The van der Waals surface area contributed by atoms with Gasteiger partial charge in [0.05, 0.1) is 6.61 Å². The van der Waals surface area contributed by atoms with Gasteiger partial charge < -0.3 is 9.84 Å². The van der Waals surface area contributed by atoms with Crippen LogP contribution in [-0.2, 0) is 4.74 Å². The number of aliphatic imine (C=N–C) groups is 1. The lowest BCUT2D eigenvalue weighted by Crippen LogP contribution is -2.27. The van der Waals surface area contributed by atoms with E-state index < -0.39 is 7.92 Å². The van der Waals surface area contributed by atoms with Crippen molar-refractivity contribution in [3.63, 3.8) is 0 Å². The lowest BCUT2D eigenvalue weighted by Gasteiger charge is -2.22. The van der Waals surface area contributed by atoms with Crippen LogP contribution < -0.4 is 15.9 Å². The molecule has 32 heavy (non-hydrogen) atoms. The van der Waals surface area contributed by atoms with Crippen LogP contribution in [0.1, 0.15) is 17.2 Å². The predicted octanol–water partition coefficient (Wildman–Crippen LogP) is 4.32. The van der Waals surface area contributed by atoms with Crippen molar-refractivity contribution in [2.75, 3.05) is 6.61 Å². The van der Waals surface area contributed by atoms with Gasteiger partial charge in [0, 0.05) is 5.56 Å². The van der Waals surface area contributed by atoms with Crippen molar-refractivity contribution in [3.05, 3.63) is 126 Å². The highest BCUT2D eigenvalue weighted by Crippen LogP contribution is 2.36. The highest BCUT2D eigenvalue weighted by molar-refractivity contribution is 7.80. The largest absolute Gasteiger partial charge is 0.469 e. The SMILES string of the molecule is OC[C@H]1OC(c2ccccc2P(c2ccccc2)c2ccccc2)=N[C@@H]1c1ccccc1. The number of hydrogen-bond donors (Lipinski definition) is 1. The molecule has 0 spiro atoms. The van der Waals surface area contributed by atoms with E-state index >= 15 is 0 Å². The molecule has 0 saturated carbocycles. The van der Waals surface area contributed by atoms with E-state index in [2.05, 4.69) is 66.7 Å². The van der Waals surface area contributed by atoms with Gasteiger partial charge >= 0.3 is 0 Å². The molecule has 0 amide bonds. The monoisotopic (exact) mass is 437 g/mol. The fourth-order valence-corrected chi connectivity index (χ4v) is 6.53. The summed E-state index contributed by atoms with van der Waals surface area (Å²) in [7, 11) is -0.793. The van der Waals surface area contributed by atoms with E-state index in [1.165, 1.54) is 15.9 Å². The summed E-state index contributed by atoms with van der Waals surface area (Å²) in [6.07, 6.45) is -0.389. The summed E-state index contributed by atoms with van der Waals surface area (Å²) in [6.45, 7) is -0.0825. The Kier molecular flexibility index (Phi) is 6.11. The highest BCUT2D eigenvalue weighted by Gasteiger charge is 2.34. The first-order valence-electron chi connectivity index (χ1n) is 10.7. The summed E-state index contributed by atoms with van der Waals surface area (Å²) in [5.74, 6) is 0.605. The first kappa shape index (κ1) is 20.6. The molecule has 1 aliphatic heterocycles. The van der Waals surface area contributed by atoms with Crippen molar-refractivity contribution in [1.82, 2.24) is 0 Å². The van der Waals surface area contributed by atoms with Crippen molar-refractivity contribution < 1.29 is 9.84 Å². The molecule has 0 bridgehead atoms. The molecule has 2 atom stereocenters. The fraction of sp³-hybridized carbons (Fsp3) is 0.107. The van der Waals surface area contributed by atoms with Crippen LogP contribution in [0.25, 0.3) is 0 Å². The summed E-state index contributed by atoms with van der Waals surface area (Å²) in [5, 5.41) is 13.8. The number of rotatable bonds is 6. The molecule has 4 aromatic carbocycles. The molecule has 3 nitrogen and oxygen atoms in total. The van der Waals surface area contributed by atoms with Gasteiger partial charge in [0.1, 0.15) is 12.1 Å². The summed E-state index contributed by atoms with van der Waals surface area (Å²) >= 11 is 0. The van der Waals surface area contributed by atoms with Gasteiger partial charge in [-0.15, -0.1) is 0 Å². The zero-order valence-corrected chi connectivity index (χ0v) is 18.5. The average molecular weight is 437 g/mol. The molecule has 5 rings (SSSR count). The molecule has 0 radical (unpaired) electrons. The van der Waals surface area contributed by atoms with E-state index in [1.54, 1.807) is 0 Å². The molecule has 0 aliphatic carbocycles. The second-order valence-corrected chi connectivity index (χ2v) is 9.84. The maximum atomic E-state index is 10.0. The Morgan fingerprint density at radius 2 is 1.22 bits per heavy atom. The van der Waals surface area contributed by atoms with Gasteiger partial charge in [-0.3, -0.25) is 0 Å². The first-order valence-corrected chi connectivity index (χ1v) is 12.1. The Morgan fingerprint density at radius 1 is 0.688 bits per heavy atom. The Balaban J connectivity index is 1.62. The number of ether oxygens (including phenoxy) is 1. The van der Waals surface area contributed by atoms with E-state index in [0.29, 0.717) is 5.90 Å². The molecule has 0 saturated heterocycles. The van der Waals surface area contributed by atoms with Crippen molar-refractivity contribution in [2.45, 2.75) is 12.1 Å². The fourth-order valence-electron chi connectivity index (χ4n) is 4.09. The number of aliphatic hydroxyl groups excluding tert-OH is 1. The molecule has 4 aromatic rings. The lowest BCUT2D eigenvalue weighted by atomic mass is 10.0. The minimum atomic E-state index is -0.793. The van der Waals surface area contributed by atoms with Crippen LogP contribution in [0.2, 0.25) is 0 Å². The van der Waals surface area contributed by atoms with E-state index in [4.69, 9.17) is 9.73 Å². The van der Waals surface area contributed by atoms with E-state index in [1.807, 2.05) is 48.5 Å². The van der Waals surface area contributed by atoms with Gasteiger partial charge in [-0.25, -0.2) is 4.99 Å². The van der Waals surface area contributed by atoms with Crippen molar-refractivity contribution in [2.24, 2.45) is 4.99 Å². The van der Waals surface area contributed by atoms with Gasteiger partial charge in [-0.05, 0) is 35.5 Å². The molecular formula is C28H24NO2P. The zero-order chi connectivity index (χ0) is 21.8. The standard InChI is InChI=1S/C28H24NO2P/c30-20-25-27(21-12-4-1-5-13-21)29-28(31-25)24-18-10-11-19-26(24)32(22-14-6-2-7-15-22)23-16-8-3-9-17-23/h1-19,25,27,30H,20H2/t25-,27-/m1/s1. The van der Waals surface area contributed by atoms with Gasteiger partial charge in [0.25, 0.3) is 0 Å². The average Bonchev–Trinajstić information content (AvgIpc) is 3.31. The number of benzene rings is 4. The summed E-state index contributed by atoms with van der Waals surface area (Å²) in [4.78, 5) is 4.96.